The summed E-state index contributed by atoms with van der Waals surface area (Å²) in [7, 11) is 0. The number of para-hydroxylation sites is 1. The average molecular weight is 457 g/mol. The van der Waals surface area contributed by atoms with Crippen molar-refractivity contribution in [3.05, 3.63) is 59.0 Å². The van der Waals surface area contributed by atoms with Gasteiger partial charge in [0.05, 0.1) is 23.6 Å². The molecule has 6 nitrogen and oxygen atoms in total. The molecule has 2 aromatic carbocycles. The summed E-state index contributed by atoms with van der Waals surface area (Å²) < 4.78 is 6.06. The van der Waals surface area contributed by atoms with E-state index in [4.69, 9.17) is 22.1 Å². The summed E-state index contributed by atoms with van der Waals surface area (Å²) >= 11 is 6.71. The van der Waals surface area contributed by atoms with Crippen molar-refractivity contribution in [3.8, 4) is 5.75 Å². The molecule has 0 atom stereocenters. The SMILES string of the molecule is CCN(CC)c1ccc(N2C(=O)/C(=C\c3ccccc3OCCC(=O)O)SC2=S)cc1. The summed E-state index contributed by atoms with van der Waals surface area (Å²) in [6, 6.07) is 15.0. The van der Waals surface area contributed by atoms with E-state index in [1.54, 1.807) is 18.2 Å². The Labute approximate surface area is 191 Å². The number of rotatable bonds is 9. The number of hydrogen-bond donors (Lipinski definition) is 1. The normalized spacial score (nSPS) is 14.9. The fourth-order valence-corrected chi connectivity index (χ4v) is 4.50. The minimum Gasteiger partial charge on any atom is -0.492 e. The summed E-state index contributed by atoms with van der Waals surface area (Å²) in [6.07, 6.45) is 1.64. The van der Waals surface area contributed by atoms with Gasteiger partial charge in [0.15, 0.2) is 4.32 Å². The van der Waals surface area contributed by atoms with Crippen LogP contribution in [0, 0.1) is 0 Å². The Kier molecular flexibility index (Phi) is 7.70. The molecular weight excluding hydrogens is 432 g/mol. The highest BCUT2D eigenvalue weighted by Crippen LogP contribution is 2.37. The lowest BCUT2D eigenvalue weighted by atomic mass is 10.1. The van der Waals surface area contributed by atoms with Crippen molar-refractivity contribution >= 4 is 57.6 Å². The van der Waals surface area contributed by atoms with Crippen molar-refractivity contribution in [1.82, 2.24) is 0 Å². The fourth-order valence-electron chi connectivity index (χ4n) is 3.21. The molecule has 8 heteroatoms. The number of ether oxygens (including phenoxy) is 1. The number of carboxylic acids is 1. The van der Waals surface area contributed by atoms with Crippen LogP contribution in [0.1, 0.15) is 25.8 Å². The molecule has 31 heavy (non-hydrogen) atoms. The fraction of sp³-hybridized carbons (Fsp3) is 0.261. The third-order valence-corrected chi connectivity index (χ3v) is 6.11. The van der Waals surface area contributed by atoms with Crippen LogP contribution in [0.5, 0.6) is 5.75 Å². The number of aliphatic carboxylic acids is 1. The molecule has 1 saturated heterocycles. The Hall–Kier alpha value is -2.84. The maximum absolute atomic E-state index is 13.1. The van der Waals surface area contributed by atoms with Gasteiger partial charge in [-0.15, -0.1) is 0 Å². The first-order valence-corrected chi connectivity index (χ1v) is 11.2. The molecule has 1 aliphatic rings. The minimum atomic E-state index is -0.926. The second-order valence-electron chi connectivity index (χ2n) is 6.74. The van der Waals surface area contributed by atoms with Crippen LogP contribution in [-0.2, 0) is 9.59 Å². The maximum atomic E-state index is 13.1. The van der Waals surface area contributed by atoms with Crippen molar-refractivity contribution < 1.29 is 19.4 Å². The van der Waals surface area contributed by atoms with Gasteiger partial charge in [-0.05, 0) is 50.3 Å². The van der Waals surface area contributed by atoms with Gasteiger partial charge in [-0.3, -0.25) is 14.5 Å². The third kappa shape index (κ3) is 5.45. The van der Waals surface area contributed by atoms with Gasteiger partial charge >= 0.3 is 5.97 Å². The van der Waals surface area contributed by atoms with Gasteiger partial charge in [-0.2, -0.15) is 0 Å². The molecule has 0 saturated carbocycles. The number of anilines is 2. The Balaban J connectivity index is 1.81. The van der Waals surface area contributed by atoms with Crippen molar-refractivity contribution in [1.29, 1.82) is 0 Å². The van der Waals surface area contributed by atoms with Crippen molar-refractivity contribution in [3.63, 3.8) is 0 Å². The van der Waals surface area contributed by atoms with Gasteiger partial charge in [-0.1, -0.05) is 42.2 Å². The first kappa shape index (κ1) is 22.8. The largest absolute Gasteiger partial charge is 0.492 e. The van der Waals surface area contributed by atoms with Crippen LogP contribution < -0.4 is 14.5 Å². The van der Waals surface area contributed by atoms with Crippen LogP contribution >= 0.6 is 24.0 Å². The van der Waals surface area contributed by atoms with E-state index in [0.717, 1.165) is 24.5 Å². The third-order valence-electron chi connectivity index (χ3n) is 4.81. The molecule has 0 radical (unpaired) electrons. The zero-order valence-electron chi connectivity index (χ0n) is 17.4. The summed E-state index contributed by atoms with van der Waals surface area (Å²) in [5.74, 6) is -0.589. The first-order valence-electron chi connectivity index (χ1n) is 10.0. The molecule has 0 unspecified atom stereocenters. The Bertz CT molecular complexity index is 1000. The van der Waals surface area contributed by atoms with Crippen molar-refractivity contribution in [2.45, 2.75) is 20.3 Å². The van der Waals surface area contributed by atoms with Crippen LogP contribution in [0.4, 0.5) is 11.4 Å². The lowest BCUT2D eigenvalue weighted by Gasteiger charge is -2.22. The Morgan fingerprint density at radius 2 is 1.84 bits per heavy atom. The second kappa shape index (κ2) is 10.5. The molecule has 1 N–H and O–H groups in total. The summed E-state index contributed by atoms with van der Waals surface area (Å²) in [6.45, 7) is 6.09. The van der Waals surface area contributed by atoms with Gasteiger partial charge in [0, 0.05) is 24.3 Å². The molecule has 0 aliphatic carbocycles. The molecule has 162 valence electrons. The van der Waals surface area contributed by atoms with E-state index in [1.807, 2.05) is 36.4 Å². The lowest BCUT2D eigenvalue weighted by Crippen LogP contribution is -2.27. The monoisotopic (exact) mass is 456 g/mol. The molecule has 3 rings (SSSR count). The van der Waals surface area contributed by atoms with E-state index in [2.05, 4.69) is 18.7 Å². The summed E-state index contributed by atoms with van der Waals surface area (Å²) in [4.78, 5) is 28.1. The molecule has 1 heterocycles. The predicted octanol–water partition coefficient (Wildman–Crippen LogP) is 4.79. The van der Waals surface area contributed by atoms with Crippen LogP contribution in [0.15, 0.2) is 53.4 Å². The topological polar surface area (TPSA) is 70.1 Å². The smallest absolute Gasteiger partial charge is 0.306 e. The predicted molar refractivity (Wildman–Crippen MR) is 130 cm³/mol. The maximum Gasteiger partial charge on any atom is 0.306 e. The quantitative estimate of drug-likeness (QED) is 0.430. The molecule has 2 aromatic rings. The highest BCUT2D eigenvalue weighted by Gasteiger charge is 2.33. The van der Waals surface area contributed by atoms with Gasteiger partial charge in [0.2, 0.25) is 0 Å². The van der Waals surface area contributed by atoms with Crippen LogP contribution in [0.2, 0.25) is 0 Å². The number of thioether (sulfide) groups is 1. The number of carboxylic acid groups (broad SMARTS) is 1. The van der Waals surface area contributed by atoms with Gasteiger partial charge in [0.25, 0.3) is 5.91 Å². The van der Waals surface area contributed by atoms with E-state index in [0.29, 0.717) is 20.5 Å². The van der Waals surface area contributed by atoms with E-state index in [-0.39, 0.29) is 18.9 Å². The van der Waals surface area contributed by atoms with Gasteiger partial charge < -0.3 is 14.7 Å². The second-order valence-corrected chi connectivity index (χ2v) is 8.41. The molecule has 0 aromatic heterocycles. The zero-order valence-corrected chi connectivity index (χ0v) is 19.0. The van der Waals surface area contributed by atoms with Crippen molar-refractivity contribution in [2.75, 3.05) is 29.5 Å². The average Bonchev–Trinajstić information content (AvgIpc) is 3.03. The Morgan fingerprint density at radius 3 is 2.48 bits per heavy atom. The summed E-state index contributed by atoms with van der Waals surface area (Å²) in [5, 5.41) is 8.81. The number of carbonyl (C=O) groups is 2. The Morgan fingerprint density at radius 1 is 1.16 bits per heavy atom. The van der Waals surface area contributed by atoms with Crippen LogP contribution in [0.25, 0.3) is 6.08 Å². The number of hydrogen-bond acceptors (Lipinski definition) is 6. The molecule has 1 amide bonds. The standard InChI is InChI=1S/C23H24N2O4S2/c1-3-24(4-2)17-9-11-18(12-10-17)25-22(28)20(31-23(25)30)15-16-7-5-6-8-19(16)29-14-13-21(26)27/h5-12,15H,3-4,13-14H2,1-2H3,(H,26,27)/b20-15+. The number of benzene rings is 2. The molecular formula is C23H24N2O4S2. The van der Waals surface area contributed by atoms with E-state index in [1.165, 1.54) is 16.7 Å². The highest BCUT2D eigenvalue weighted by molar-refractivity contribution is 8.27. The number of amides is 1. The molecule has 1 aliphatic heterocycles. The van der Waals surface area contributed by atoms with Gasteiger partial charge in [-0.25, -0.2) is 0 Å². The summed E-state index contributed by atoms with van der Waals surface area (Å²) in [5.41, 5.74) is 2.53. The van der Waals surface area contributed by atoms with Crippen LogP contribution in [-0.4, -0.2) is 41.0 Å². The van der Waals surface area contributed by atoms with Crippen LogP contribution in [0.3, 0.4) is 0 Å². The highest BCUT2D eigenvalue weighted by atomic mass is 32.2. The van der Waals surface area contributed by atoms with Gasteiger partial charge in [0.1, 0.15) is 5.75 Å². The number of nitrogens with zero attached hydrogens (tertiary/aromatic N) is 2. The lowest BCUT2D eigenvalue weighted by molar-refractivity contribution is -0.137. The van der Waals surface area contributed by atoms with E-state index in [9.17, 15) is 9.59 Å². The minimum absolute atomic E-state index is 0.0556. The molecule has 1 fully saturated rings. The number of carbonyl (C=O) groups excluding carboxylic acids is 1. The number of thiocarbonyl (C=S) groups is 1. The van der Waals surface area contributed by atoms with E-state index < -0.39 is 5.97 Å². The zero-order chi connectivity index (χ0) is 22.4. The van der Waals surface area contributed by atoms with E-state index >= 15 is 0 Å². The molecule has 0 spiro atoms. The first-order chi connectivity index (χ1) is 14.9. The van der Waals surface area contributed by atoms with Crippen molar-refractivity contribution in [2.24, 2.45) is 0 Å². The molecule has 0 bridgehead atoms.